The molecule has 1 aromatic carbocycles. The minimum Gasteiger partial charge on any atom is -0.481 e. The van der Waals surface area contributed by atoms with Crippen LogP contribution in [-0.4, -0.2) is 17.0 Å². The van der Waals surface area contributed by atoms with Gasteiger partial charge in [-0.1, -0.05) is 24.3 Å². The number of hydrogen-bond acceptors (Lipinski definition) is 2. The van der Waals surface area contributed by atoms with Gasteiger partial charge in [-0.05, 0) is 29.9 Å². The molecule has 0 heterocycles. The van der Waals surface area contributed by atoms with E-state index in [9.17, 15) is 9.59 Å². The number of hydrogen-bond donors (Lipinski definition) is 2. The van der Waals surface area contributed by atoms with Crippen molar-refractivity contribution in [2.45, 2.75) is 38.1 Å². The molecule has 1 fully saturated rings. The van der Waals surface area contributed by atoms with Crippen molar-refractivity contribution in [3.63, 3.8) is 0 Å². The van der Waals surface area contributed by atoms with E-state index in [1.807, 2.05) is 24.3 Å². The fraction of sp³-hybridized carbons (Fsp3) is 0.429. The predicted octanol–water partition coefficient (Wildman–Crippen LogP) is 2.22. The van der Waals surface area contributed by atoms with Gasteiger partial charge in [0.2, 0.25) is 5.91 Å². The third-order valence-electron chi connectivity index (χ3n) is 3.14. The number of amides is 1. The van der Waals surface area contributed by atoms with Crippen molar-refractivity contribution < 1.29 is 14.7 Å². The van der Waals surface area contributed by atoms with Gasteiger partial charge in [-0.3, -0.25) is 9.59 Å². The minimum atomic E-state index is -0.917. The van der Waals surface area contributed by atoms with Crippen LogP contribution in [0.15, 0.2) is 24.3 Å². The Morgan fingerprint density at radius 3 is 2.39 bits per heavy atom. The van der Waals surface area contributed by atoms with Crippen molar-refractivity contribution in [2.75, 3.05) is 0 Å². The van der Waals surface area contributed by atoms with Crippen molar-refractivity contribution in [1.29, 1.82) is 0 Å². The van der Waals surface area contributed by atoms with Crippen LogP contribution in [0, 0.1) is 0 Å². The monoisotopic (exact) mass is 247 g/mol. The smallest absolute Gasteiger partial charge is 0.305 e. The molecular weight excluding hydrogens is 230 g/mol. The van der Waals surface area contributed by atoms with Crippen LogP contribution in [-0.2, 0) is 9.59 Å². The molecule has 0 bridgehead atoms. The number of aliphatic carboxylic acids is 1. The van der Waals surface area contributed by atoms with E-state index in [0.717, 1.165) is 5.56 Å². The molecule has 1 amide bonds. The highest BCUT2D eigenvalue weighted by Crippen LogP contribution is 2.40. The zero-order chi connectivity index (χ0) is 13.1. The fourth-order valence-corrected chi connectivity index (χ4v) is 2.09. The molecule has 1 saturated carbocycles. The number of carbonyl (C=O) groups excluding carboxylic acids is 1. The Labute approximate surface area is 106 Å². The Kier molecular flexibility index (Phi) is 3.65. The number of carbonyl (C=O) groups is 2. The van der Waals surface area contributed by atoms with E-state index in [1.54, 1.807) is 0 Å². The van der Waals surface area contributed by atoms with Crippen LogP contribution in [0.3, 0.4) is 0 Å². The lowest BCUT2D eigenvalue weighted by Gasteiger charge is -2.16. The molecule has 4 heteroatoms. The maximum absolute atomic E-state index is 11.1. The fourth-order valence-electron chi connectivity index (χ4n) is 2.09. The lowest BCUT2D eigenvalue weighted by atomic mass is 10.0. The molecule has 2 rings (SSSR count). The molecule has 0 radical (unpaired) electrons. The quantitative estimate of drug-likeness (QED) is 0.838. The Morgan fingerprint density at radius 2 is 1.94 bits per heavy atom. The highest BCUT2D eigenvalue weighted by Gasteiger charge is 2.24. The molecule has 96 valence electrons. The lowest BCUT2D eigenvalue weighted by Crippen LogP contribution is -2.27. The van der Waals surface area contributed by atoms with E-state index in [-0.39, 0.29) is 12.3 Å². The topological polar surface area (TPSA) is 66.4 Å². The molecule has 0 saturated heterocycles. The van der Waals surface area contributed by atoms with Gasteiger partial charge in [-0.15, -0.1) is 0 Å². The van der Waals surface area contributed by atoms with E-state index in [1.165, 1.54) is 25.3 Å². The molecule has 2 N–H and O–H groups in total. The van der Waals surface area contributed by atoms with Crippen molar-refractivity contribution in [1.82, 2.24) is 5.32 Å². The molecule has 1 aromatic rings. The molecule has 1 unspecified atom stereocenters. The van der Waals surface area contributed by atoms with E-state index < -0.39 is 12.0 Å². The Balaban J connectivity index is 2.12. The first-order valence-electron chi connectivity index (χ1n) is 6.15. The third kappa shape index (κ3) is 3.32. The van der Waals surface area contributed by atoms with Gasteiger partial charge in [0.25, 0.3) is 0 Å². The minimum absolute atomic E-state index is 0.0949. The number of rotatable bonds is 5. The Hall–Kier alpha value is -1.84. The maximum atomic E-state index is 11.1. The van der Waals surface area contributed by atoms with Crippen molar-refractivity contribution >= 4 is 11.9 Å². The molecule has 0 aromatic heterocycles. The molecule has 1 aliphatic carbocycles. The molecule has 1 aliphatic rings. The second-order valence-corrected chi connectivity index (χ2v) is 4.79. The van der Waals surface area contributed by atoms with Gasteiger partial charge in [0.1, 0.15) is 0 Å². The summed E-state index contributed by atoms with van der Waals surface area (Å²) < 4.78 is 0. The predicted molar refractivity (Wildman–Crippen MR) is 67.2 cm³/mol. The Bertz CT molecular complexity index is 433. The zero-order valence-corrected chi connectivity index (χ0v) is 10.3. The molecule has 0 spiro atoms. The lowest BCUT2D eigenvalue weighted by molar-refractivity contribution is -0.137. The van der Waals surface area contributed by atoms with Gasteiger partial charge in [0.15, 0.2) is 0 Å². The molecular formula is C14H17NO3. The number of carboxylic acids is 1. The SMILES string of the molecule is CC(=O)NC(CC(=O)O)c1ccc(C2CC2)cc1. The van der Waals surface area contributed by atoms with E-state index in [2.05, 4.69) is 5.32 Å². The van der Waals surface area contributed by atoms with Crippen LogP contribution in [0.25, 0.3) is 0 Å². The highest BCUT2D eigenvalue weighted by molar-refractivity contribution is 5.75. The van der Waals surface area contributed by atoms with Gasteiger partial charge < -0.3 is 10.4 Å². The first-order chi connectivity index (χ1) is 8.56. The van der Waals surface area contributed by atoms with E-state index in [4.69, 9.17) is 5.11 Å². The first kappa shape index (κ1) is 12.6. The van der Waals surface area contributed by atoms with Crippen LogP contribution < -0.4 is 5.32 Å². The van der Waals surface area contributed by atoms with Gasteiger partial charge >= 0.3 is 5.97 Å². The second kappa shape index (κ2) is 5.21. The molecule has 1 atom stereocenters. The largest absolute Gasteiger partial charge is 0.481 e. The molecule has 0 aliphatic heterocycles. The Morgan fingerprint density at radius 1 is 1.33 bits per heavy atom. The van der Waals surface area contributed by atoms with E-state index in [0.29, 0.717) is 5.92 Å². The van der Waals surface area contributed by atoms with Crippen molar-refractivity contribution in [2.24, 2.45) is 0 Å². The van der Waals surface area contributed by atoms with Gasteiger partial charge in [-0.25, -0.2) is 0 Å². The second-order valence-electron chi connectivity index (χ2n) is 4.79. The summed E-state index contributed by atoms with van der Waals surface area (Å²) in [5.74, 6) is -0.453. The van der Waals surface area contributed by atoms with Gasteiger partial charge in [0, 0.05) is 6.92 Å². The van der Waals surface area contributed by atoms with Crippen LogP contribution in [0.2, 0.25) is 0 Å². The molecule has 4 nitrogen and oxygen atoms in total. The van der Waals surface area contributed by atoms with Crippen LogP contribution in [0.4, 0.5) is 0 Å². The summed E-state index contributed by atoms with van der Waals surface area (Å²) in [4.78, 5) is 21.9. The van der Waals surface area contributed by atoms with Crippen LogP contribution >= 0.6 is 0 Å². The van der Waals surface area contributed by atoms with E-state index >= 15 is 0 Å². The average Bonchev–Trinajstić information content (AvgIpc) is 3.11. The summed E-state index contributed by atoms with van der Waals surface area (Å²) in [5.41, 5.74) is 2.15. The number of carboxylic acid groups (broad SMARTS) is 1. The van der Waals surface area contributed by atoms with Crippen LogP contribution in [0.1, 0.15) is 49.3 Å². The highest BCUT2D eigenvalue weighted by atomic mass is 16.4. The number of benzene rings is 1. The summed E-state index contributed by atoms with van der Waals surface area (Å²) in [6, 6.07) is 7.44. The summed E-state index contributed by atoms with van der Waals surface area (Å²) in [6.07, 6.45) is 2.38. The van der Waals surface area contributed by atoms with Gasteiger partial charge in [0.05, 0.1) is 12.5 Å². The third-order valence-corrected chi connectivity index (χ3v) is 3.14. The summed E-state index contributed by atoms with van der Waals surface area (Å²) in [5, 5.41) is 11.5. The number of nitrogens with one attached hydrogen (secondary N) is 1. The summed E-state index contributed by atoms with van der Waals surface area (Å²) >= 11 is 0. The standard InChI is InChI=1S/C14H17NO3/c1-9(16)15-13(8-14(17)18)12-6-4-11(5-7-12)10-2-3-10/h4-7,10,13H,2-3,8H2,1H3,(H,15,16)(H,17,18). The summed E-state index contributed by atoms with van der Waals surface area (Å²) in [7, 11) is 0. The summed E-state index contributed by atoms with van der Waals surface area (Å²) in [6.45, 7) is 1.40. The average molecular weight is 247 g/mol. The first-order valence-corrected chi connectivity index (χ1v) is 6.15. The maximum Gasteiger partial charge on any atom is 0.305 e. The van der Waals surface area contributed by atoms with Crippen LogP contribution in [0.5, 0.6) is 0 Å². The van der Waals surface area contributed by atoms with Crippen molar-refractivity contribution in [3.05, 3.63) is 35.4 Å². The molecule has 18 heavy (non-hydrogen) atoms. The van der Waals surface area contributed by atoms with Gasteiger partial charge in [-0.2, -0.15) is 0 Å². The van der Waals surface area contributed by atoms with Crippen molar-refractivity contribution in [3.8, 4) is 0 Å². The normalized spacial score (nSPS) is 16.1. The zero-order valence-electron chi connectivity index (χ0n) is 10.3.